The van der Waals surface area contributed by atoms with Crippen molar-refractivity contribution < 1.29 is 13.2 Å². The zero-order chi connectivity index (χ0) is 21.0. The molecular weight excluding hydrogens is 408 g/mol. The van der Waals surface area contributed by atoms with Gasteiger partial charge in [0.25, 0.3) is 0 Å². The van der Waals surface area contributed by atoms with Crippen LogP contribution >= 0.6 is 11.8 Å². The van der Waals surface area contributed by atoms with Crippen LogP contribution in [0.4, 0.5) is 0 Å². The van der Waals surface area contributed by atoms with Crippen molar-refractivity contribution in [3.8, 4) is 11.4 Å². The molecule has 0 aliphatic carbocycles. The summed E-state index contributed by atoms with van der Waals surface area (Å²) in [5, 5.41) is 7.64. The van der Waals surface area contributed by atoms with E-state index in [9.17, 15) is 13.2 Å². The van der Waals surface area contributed by atoms with Gasteiger partial charge in [-0.25, -0.2) is 13.4 Å². The second kappa shape index (κ2) is 9.30. The Kier molecular flexibility index (Phi) is 7.00. The van der Waals surface area contributed by atoms with Gasteiger partial charge in [-0.1, -0.05) is 56.8 Å². The number of aryl methyl sites for hydroxylation is 1. The number of H-pyrrole nitrogens is 1. The predicted molar refractivity (Wildman–Crippen MR) is 116 cm³/mol. The maximum atomic E-state index is 12.8. The first kappa shape index (κ1) is 21.8. The zero-order valence-electron chi connectivity index (χ0n) is 17.1. The average molecular weight is 437 g/mol. The lowest BCUT2D eigenvalue weighted by Gasteiger charge is -2.29. The van der Waals surface area contributed by atoms with E-state index >= 15 is 0 Å². The number of sulfone groups is 1. The van der Waals surface area contributed by atoms with Crippen molar-refractivity contribution in [1.82, 2.24) is 20.1 Å². The molecule has 2 aromatic rings. The molecule has 9 heteroatoms. The highest BCUT2D eigenvalue weighted by atomic mass is 32.2. The Morgan fingerprint density at radius 1 is 1.31 bits per heavy atom. The van der Waals surface area contributed by atoms with E-state index in [1.54, 1.807) is 4.90 Å². The molecule has 29 heavy (non-hydrogen) atoms. The van der Waals surface area contributed by atoms with Crippen LogP contribution in [0.1, 0.15) is 32.8 Å². The summed E-state index contributed by atoms with van der Waals surface area (Å²) in [6.07, 6.45) is 1.50. The minimum Gasteiger partial charge on any atom is -0.338 e. The fourth-order valence-electron chi connectivity index (χ4n) is 3.42. The summed E-state index contributed by atoms with van der Waals surface area (Å²) < 4.78 is 23.7. The monoisotopic (exact) mass is 436 g/mol. The van der Waals surface area contributed by atoms with Gasteiger partial charge in [-0.2, -0.15) is 0 Å². The zero-order valence-corrected chi connectivity index (χ0v) is 18.7. The average Bonchev–Trinajstić information content (AvgIpc) is 3.30. The number of aromatic nitrogens is 3. The second-order valence-electron chi connectivity index (χ2n) is 7.80. The predicted octanol–water partition coefficient (Wildman–Crippen LogP) is 2.80. The van der Waals surface area contributed by atoms with E-state index in [-0.39, 0.29) is 35.1 Å². The van der Waals surface area contributed by atoms with E-state index in [4.69, 9.17) is 0 Å². The molecule has 7 nitrogen and oxygen atoms in total. The van der Waals surface area contributed by atoms with Gasteiger partial charge < -0.3 is 4.90 Å². The van der Waals surface area contributed by atoms with Crippen LogP contribution in [0.25, 0.3) is 11.4 Å². The van der Waals surface area contributed by atoms with E-state index in [1.165, 1.54) is 17.3 Å². The molecule has 0 radical (unpaired) electrons. The normalized spacial score (nSPS) is 18.3. The molecule has 1 atom stereocenters. The van der Waals surface area contributed by atoms with E-state index < -0.39 is 9.84 Å². The molecule has 1 amide bonds. The lowest BCUT2D eigenvalue weighted by molar-refractivity contribution is -0.130. The van der Waals surface area contributed by atoms with E-state index in [2.05, 4.69) is 34.2 Å². The second-order valence-corrected chi connectivity index (χ2v) is 11.0. The number of thioether (sulfide) groups is 1. The number of amides is 1. The number of carbonyl (C=O) groups excluding carboxylic acids is 1. The van der Waals surface area contributed by atoms with Crippen molar-refractivity contribution in [2.24, 2.45) is 5.92 Å². The van der Waals surface area contributed by atoms with Crippen LogP contribution < -0.4 is 0 Å². The van der Waals surface area contributed by atoms with Gasteiger partial charge in [-0.15, -0.1) is 5.10 Å². The van der Waals surface area contributed by atoms with Crippen LogP contribution in [0.2, 0.25) is 0 Å². The summed E-state index contributed by atoms with van der Waals surface area (Å²) in [5.74, 6) is 1.29. The summed E-state index contributed by atoms with van der Waals surface area (Å²) in [6.45, 7) is 6.73. The quantitative estimate of drug-likeness (QED) is 0.639. The number of rotatable bonds is 8. The maximum Gasteiger partial charge on any atom is 0.233 e. The molecule has 0 spiro atoms. The first-order valence-corrected chi connectivity index (χ1v) is 12.7. The van der Waals surface area contributed by atoms with Crippen LogP contribution in [-0.4, -0.2) is 64.3 Å². The molecular formula is C20H28N4O3S2. The van der Waals surface area contributed by atoms with Crippen molar-refractivity contribution >= 4 is 27.5 Å². The van der Waals surface area contributed by atoms with E-state index in [0.29, 0.717) is 23.9 Å². The van der Waals surface area contributed by atoms with E-state index in [0.717, 1.165) is 12.0 Å². The number of nitrogens with one attached hydrogen (secondary N) is 1. The third-order valence-corrected chi connectivity index (χ3v) is 7.54. The Bertz CT molecular complexity index is 939. The van der Waals surface area contributed by atoms with Crippen molar-refractivity contribution in [3.63, 3.8) is 0 Å². The Morgan fingerprint density at radius 3 is 2.62 bits per heavy atom. The minimum atomic E-state index is -3.04. The van der Waals surface area contributed by atoms with Gasteiger partial charge in [-0.3, -0.25) is 9.89 Å². The van der Waals surface area contributed by atoms with Crippen molar-refractivity contribution in [2.45, 2.75) is 44.8 Å². The van der Waals surface area contributed by atoms with Gasteiger partial charge in [0.15, 0.2) is 15.7 Å². The molecule has 1 aromatic carbocycles. The van der Waals surface area contributed by atoms with Crippen molar-refractivity contribution in [1.29, 1.82) is 0 Å². The fraction of sp³-hybridized carbons (Fsp3) is 0.550. The fourth-order valence-corrected chi connectivity index (χ4v) is 5.83. The molecule has 1 aliphatic heterocycles. The minimum absolute atomic E-state index is 0.0642. The number of nitrogens with zero attached hydrogens (tertiary/aromatic N) is 3. The molecule has 0 saturated carbocycles. The first-order valence-electron chi connectivity index (χ1n) is 9.92. The van der Waals surface area contributed by atoms with Crippen LogP contribution in [0.15, 0.2) is 29.4 Å². The third-order valence-electron chi connectivity index (χ3n) is 4.96. The largest absolute Gasteiger partial charge is 0.338 e. The molecule has 1 unspecified atom stereocenters. The number of carbonyl (C=O) groups is 1. The molecule has 2 heterocycles. The molecule has 1 aliphatic rings. The third kappa shape index (κ3) is 5.82. The van der Waals surface area contributed by atoms with Gasteiger partial charge in [0.05, 0.1) is 17.3 Å². The highest BCUT2D eigenvalue weighted by Gasteiger charge is 2.34. The molecule has 1 fully saturated rings. The Balaban J connectivity index is 1.63. The summed E-state index contributed by atoms with van der Waals surface area (Å²) >= 11 is 1.27. The van der Waals surface area contributed by atoms with Crippen molar-refractivity contribution in [3.05, 3.63) is 29.8 Å². The Morgan fingerprint density at radius 2 is 2.03 bits per heavy atom. The highest BCUT2D eigenvalue weighted by molar-refractivity contribution is 7.99. The van der Waals surface area contributed by atoms with Crippen LogP contribution in [0.3, 0.4) is 0 Å². The molecule has 1 saturated heterocycles. The van der Waals surface area contributed by atoms with E-state index in [1.807, 2.05) is 26.0 Å². The van der Waals surface area contributed by atoms with Crippen LogP contribution in [0, 0.1) is 5.92 Å². The summed E-state index contributed by atoms with van der Waals surface area (Å²) in [6, 6.07) is 7.91. The molecule has 3 rings (SSSR count). The summed E-state index contributed by atoms with van der Waals surface area (Å²) in [4.78, 5) is 19.1. The Hall–Kier alpha value is -1.87. The van der Waals surface area contributed by atoms with Crippen LogP contribution in [0.5, 0.6) is 0 Å². The molecule has 158 valence electrons. The number of hydrogen-bond donors (Lipinski definition) is 1. The van der Waals surface area contributed by atoms with Gasteiger partial charge in [0.2, 0.25) is 11.1 Å². The maximum absolute atomic E-state index is 12.8. The summed E-state index contributed by atoms with van der Waals surface area (Å²) in [5.41, 5.74) is 2.21. The van der Waals surface area contributed by atoms with Gasteiger partial charge in [-0.05, 0) is 24.3 Å². The number of aromatic amines is 1. The Labute approximate surface area is 176 Å². The van der Waals surface area contributed by atoms with Crippen LogP contribution in [-0.2, 0) is 21.1 Å². The molecule has 0 bridgehead atoms. The number of hydrogen-bond acceptors (Lipinski definition) is 6. The van der Waals surface area contributed by atoms with Crippen molar-refractivity contribution in [2.75, 3.05) is 23.8 Å². The first-order chi connectivity index (χ1) is 13.8. The van der Waals surface area contributed by atoms with Gasteiger partial charge in [0.1, 0.15) is 0 Å². The SMILES string of the molecule is CCc1ccc(-c2nc(SCC(=O)N(CC(C)C)C3CCS(=O)(=O)C3)n[nH]2)cc1. The smallest absolute Gasteiger partial charge is 0.233 e. The lowest BCUT2D eigenvalue weighted by Crippen LogP contribution is -2.44. The number of benzene rings is 1. The highest BCUT2D eigenvalue weighted by Crippen LogP contribution is 2.23. The molecule has 1 N–H and O–H groups in total. The molecule has 1 aromatic heterocycles. The summed E-state index contributed by atoms with van der Waals surface area (Å²) in [7, 11) is -3.04. The van der Waals surface area contributed by atoms with Gasteiger partial charge >= 0.3 is 0 Å². The topological polar surface area (TPSA) is 96.0 Å². The van der Waals surface area contributed by atoms with Gasteiger partial charge in [0, 0.05) is 18.2 Å². The standard InChI is InChI=1S/C20H28N4O3S2/c1-4-15-5-7-16(8-6-15)19-21-20(23-22-19)28-12-18(25)24(11-14(2)3)17-9-10-29(26,27)13-17/h5-8,14,17H,4,9-13H2,1-3H3,(H,21,22,23). The lowest BCUT2D eigenvalue weighted by atomic mass is 10.1.